The highest BCUT2D eigenvalue weighted by atomic mass is 19.4. The Kier molecular flexibility index (Phi) is 6.97. The Hall–Kier alpha value is -2.48. The molecular formula is C27H30F5NO2. The van der Waals surface area contributed by atoms with Crippen molar-refractivity contribution in [2.24, 2.45) is 0 Å². The molecule has 3 nitrogen and oxygen atoms in total. The maximum absolute atomic E-state index is 14.7. The molecule has 2 aromatic rings. The highest BCUT2D eigenvalue weighted by Crippen LogP contribution is 2.51. The molecule has 35 heavy (non-hydrogen) atoms. The number of alkyl halides is 4. The first kappa shape index (κ1) is 25.6. The van der Waals surface area contributed by atoms with E-state index < -0.39 is 17.8 Å². The molecule has 1 aliphatic heterocycles. The van der Waals surface area contributed by atoms with Crippen molar-refractivity contribution in [3.8, 4) is 0 Å². The number of fused-ring (bicyclic) bond motifs is 3. The van der Waals surface area contributed by atoms with Gasteiger partial charge in [0, 0.05) is 17.9 Å². The van der Waals surface area contributed by atoms with Crippen LogP contribution in [0, 0.1) is 5.82 Å². The van der Waals surface area contributed by atoms with E-state index in [1.54, 1.807) is 18.2 Å². The van der Waals surface area contributed by atoms with E-state index in [-0.39, 0.29) is 29.3 Å². The van der Waals surface area contributed by atoms with Crippen LogP contribution in [0.2, 0.25) is 0 Å². The fourth-order valence-corrected chi connectivity index (χ4v) is 5.95. The second-order valence-electron chi connectivity index (χ2n) is 10.0. The zero-order chi connectivity index (χ0) is 25.4. The molecule has 1 aliphatic carbocycles. The molecule has 0 amide bonds. The van der Waals surface area contributed by atoms with Gasteiger partial charge in [-0.25, -0.2) is 8.78 Å². The molecule has 0 bridgehead atoms. The number of halogens is 5. The van der Waals surface area contributed by atoms with Crippen LogP contribution < -0.4 is 0 Å². The lowest BCUT2D eigenvalue weighted by molar-refractivity contribution is -0.228. The fourth-order valence-electron chi connectivity index (χ4n) is 5.95. The fraction of sp³-hybridized carbons (Fsp3) is 0.519. The van der Waals surface area contributed by atoms with E-state index in [1.165, 1.54) is 24.3 Å². The highest BCUT2D eigenvalue weighted by molar-refractivity contribution is 5.66. The number of hydrogen-bond acceptors (Lipinski definition) is 2. The summed E-state index contributed by atoms with van der Waals surface area (Å²) in [6.45, 7) is 2.08. The van der Waals surface area contributed by atoms with Gasteiger partial charge in [0.05, 0.1) is 0 Å². The zero-order valence-electron chi connectivity index (χ0n) is 19.7. The molecule has 1 fully saturated rings. The monoisotopic (exact) mass is 495 g/mol. The number of aliphatic carboxylic acids is 1. The average molecular weight is 496 g/mol. The van der Waals surface area contributed by atoms with Crippen LogP contribution in [-0.4, -0.2) is 41.3 Å². The second-order valence-corrected chi connectivity index (χ2v) is 10.0. The lowest BCUT2D eigenvalue weighted by atomic mass is 9.63. The second kappa shape index (κ2) is 9.52. The number of rotatable bonds is 8. The summed E-state index contributed by atoms with van der Waals surface area (Å²) in [5.74, 6) is -1.16. The van der Waals surface area contributed by atoms with Crippen LogP contribution in [0.1, 0.15) is 61.3 Å². The first-order chi connectivity index (χ1) is 16.4. The van der Waals surface area contributed by atoms with Crippen LogP contribution in [0.15, 0.2) is 42.5 Å². The van der Waals surface area contributed by atoms with E-state index >= 15 is 0 Å². The van der Waals surface area contributed by atoms with Gasteiger partial charge in [-0.2, -0.15) is 13.2 Å². The van der Waals surface area contributed by atoms with Gasteiger partial charge in [-0.3, -0.25) is 9.69 Å². The summed E-state index contributed by atoms with van der Waals surface area (Å²) in [5.41, 5.74) is -1.60. The van der Waals surface area contributed by atoms with Crippen molar-refractivity contribution >= 4 is 5.97 Å². The quantitative estimate of drug-likeness (QED) is 0.344. The van der Waals surface area contributed by atoms with Crippen molar-refractivity contribution in [2.75, 3.05) is 13.1 Å². The van der Waals surface area contributed by atoms with Gasteiger partial charge < -0.3 is 5.11 Å². The molecule has 3 atom stereocenters. The van der Waals surface area contributed by atoms with Crippen LogP contribution in [-0.2, 0) is 28.7 Å². The predicted molar refractivity (Wildman–Crippen MR) is 123 cm³/mol. The minimum atomic E-state index is -5.01. The molecule has 4 rings (SSSR count). The Labute approximate surface area is 201 Å². The Morgan fingerprint density at radius 2 is 1.83 bits per heavy atom. The van der Waals surface area contributed by atoms with E-state index in [0.717, 1.165) is 42.6 Å². The largest absolute Gasteiger partial charge is 0.481 e. The van der Waals surface area contributed by atoms with Gasteiger partial charge in [-0.05, 0) is 92.9 Å². The summed E-state index contributed by atoms with van der Waals surface area (Å²) >= 11 is 0. The molecule has 0 radical (unpaired) electrons. The molecule has 1 heterocycles. The first-order valence-corrected chi connectivity index (χ1v) is 12.0. The molecule has 2 aliphatic rings. The highest BCUT2D eigenvalue weighted by Gasteiger charge is 2.55. The topological polar surface area (TPSA) is 40.5 Å². The summed E-state index contributed by atoms with van der Waals surface area (Å²) in [5, 5.41) is 8.92. The predicted octanol–water partition coefficient (Wildman–Crippen LogP) is 6.33. The minimum absolute atomic E-state index is 0.117. The van der Waals surface area contributed by atoms with Crippen LogP contribution in [0.25, 0.3) is 0 Å². The van der Waals surface area contributed by atoms with Gasteiger partial charge in [0.25, 0.3) is 0 Å². The van der Waals surface area contributed by atoms with Gasteiger partial charge in [0.1, 0.15) is 5.82 Å². The Bertz CT molecular complexity index is 1070. The normalized spacial score (nSPS) is 24.0. The zero-order valence-corrected chi connectivity index (χ0v) is 19.7. The summed E-state index contributed by atoms with van der Waals surface area (Å²) < 4.78 is 68.4. The van der Waals surface area contributed by atoms with Crippen molar-refractivity contribution in [2.45, 2.75) is 75.2 Å². The lowest BCUT2D eigenvalue weighted by Gasteiger charge is -2.44. The number of unbranched alkanes of at least 4 members (excludes halogenated alkanes) is 1. The van der Waals surface area contributed by atoms with Crippen molar-refractivity contribution in [3.05, 3.63) is 70.5 Å². The number of likely N-dealkylation sites (tertiary alicyclic amines) is 1. The summed E-state index contributed by atoms with van der Waals surface area (Å²) in [6, 6.07) is 10.7. The summed E-state index contributed by atoms with van der Waals surface area (Å²) in [7, 11) is 0. The van der Waals surface area contributed by atoms with Crippen LogP contribution in [0.3, 0.4) is 0 Å². The van der Waals surface area contributed by atoms with Gasteiger partial charge in [0.2, 0.25) is 5.67 Å². The number of hydrogen-bond donors (Lipinski definition) is 1. The number of carboxylic acid groups (broad SMARTS) is 1. The van der Waals surface area contributed by atoms with E-state index in [1.807, 2.05) is 0 Å². The lowest BCUT2D eigenvalue weighted by Crippen LogP contribution is -2.48. The molecule has 0 aromatic heterocycles. The van der Waals surface area contributed by atoms with Crippen molar-refractivity contribution < 1.29 is 31.9 Å². The Morgan fingerprint density at radius 1 is 1.11 bits per heavy atom. The average Bonchev–Trinajstić information content (AvgIpc) is 3.15. The first-order valence-electron chi connectivity index (χ1n) is 12.0. The standard InChI is InChI=1S/C27H30F5NO2/c1-25(29,27(30,31)32)20-8-11-22-19(16-20)7-12-23-26(22,17-18-5-9-21(28)10-6-18)13-15-33(23)14-3-2-4-24(34)35/h5-6,8-11,16,23H,2-4,7,12-15,17H2,1H3,(H,34,35)/t23-,25?,26-/m1/s1. The Balaban J connectivity index is 1.68. The van der Waals surface area contributed by atoms with E-state index in [2.05, 4.69) is 4.90 Å². The summed E-state index contributed by atoms with van der Waals surface area (Å²) in [6.07, 6.45) is -0.946. The third kappa shape index (κ3) is 4.95. The number of benzene rings is 2. The van der Waals surface area contributed by atoms with Gasteiger partial charge in [-0.15, -0.1) is 0 Å². The molecule has 1 N–H and O–H groups in total. The van der Waals surface area contributed by atoms with Gasteiger partial charge in [-0.1, -0.05) is 30.3 Å². The van der Waals surface area contributed by atoms with Crippen LogP contribution in [0.4, 0.5) is 22.0 Å². The van der Waals surface area contributed by atoms with Gasteiger partial charge >= 0.3 is 12.1 Å². The van der Waals surface area contributed by atoms with Crippen molar-refractivity contribution in [3.63, 3.8) is 0 Å². The van der Waals surface area contributed by atoms with Crippen molar-refractivity contribution in [1.82, 2.24) is 4.90 Å². The number of nitrogens with zero attached hydrogens (tertiary/aromatic N) is 1. The molecule has 0 spiro atoms. The maximum atomic E-state index is 14.7. The number of carboxylic acids is 1. The number of aryl methyl sites for hydroxylation is 1. The Morgan fingerprint density at radius 3 is 2.49 bits per heavy atom. The van der Waals surface area contributed by atoms with Crippen LogP contribution >= 0.6 is 0 Å². The van der Waals surface area contributed by atoms with E-state index in [4.69, 9.17) is 5.11 Å². The molecule has 0 saturated carbocycles. The summed E-state index contributed by atoms with van der Waals surface area (Å²) in [4.78, 5) is 13.2. The molecule has 190 valence electrons. The van der Waals surface area contributed by atoms with Gasteiger partial charge in [0.15, 0.2) is 0 Å². The smallest absolute Gasteiger partial charge is 0.426 e. The maximum Gasteiger partial charge on any atom is 0.426 e. The van der Waals surface area contributed by atoms with E-state index in [9.17, 15) is 26.7 Å². The molecular weight excluding hydrogens is 465 g/mol. The minimum Gasteiger partial charge on any atom is -0.481 e. The third-order valence-electron chi connectivity index (χ3n) is 7.85. The SMILES string of the molecule is CC(F)(c1ccc2c(c1)CC[C@H]1N(CCCCC(=O)O)CC[C@@]21Cc1ccc(F)cc1)C(F)(F)F. The van der Waals surface area contributed by atoms with Crippen LogP contribution in [0.5, 0.6) is 0 Å². The third-order valence-corrected chi connectivity index (χ3v) is 7.85. The number of carbonyl (C=O) groups is 1. The molecule has 8 heteroatoms. The molecule has 1 saturated heterocycles. The van der Waals surface area contributed by atoms with Crippen molar-refractivity contribution in [1.29, 1.82) is 0 Å². The van der Waals surface area contributed by atoms with E-state index in [0.29, 0.717) is 32.6 Å². The molecule has 1 unspecified atom stereocenters. The molecule has 2 aromatic carbocycles.